The summed E-state index contributed by atoms with van der Waals surface area (Å²) < 4.78 is 20.5. The largest absolute Gasteiger partial charge is 0.469 e. The smallest absolute Gasteiger partial charge is 0.314 e. The predicted octanol–water partition coefficient (Wildman–Crippen LogP) is 0.102. The van der Waals surface area contributed by atoms with E-state index in [4.69, 9.17) is 18.9 Å². The number of hydrogen-bond donors (Lipinski definition) is 0. The van der Waals surface area contributed by atoms with Crippen LogP contribution in [0.25, 0.3) is 0 Å². The van der Waals surface area contributed by atoms with E-state index in [1.165, 1.54) is 14.2 Å². The Morgan fingerprint density at radius 3 is 2.24 bits per heavy atom. The van der Waals surface area contributed by atoms with Crippen LogP contribution in [0.5, 0.6) is 0 Å². The average Bonchev–Trinajstić information content (AvgIpc) is 2.96. The third-order valence-electron chi connectivity index (χ3n) is 3.38. The van der Waals surface area contributed by atoms with E-state index in [9.17, 15) is 9.59 Å². The van der Waals surface area contributed by atoms with E-state index in [1.54, 1.807) is 0 Å². The van der Waals surface area contributed by atoms with E-state index >= 15 is 0 Å². The lowest BCUT2D eigenvalue weighted by Gasteiger charge is -2.27. The summed E-state index contributed by atoms with van der Waals surface area (Å²) >= 11 is 0. The van der Waals surface area contributed by atoms with E-state index in [1.807, 2.05) is 0 Å². The zero-order chi connectivity index (χ0) is 12.5. The zero-order valence-corrected chi connectivity index (χ0v) is 9.93. The Morgan fingerprint density at radius 2 is 1.71 bits per heavy atom. The van der Waals surface area contributed by atoms with Crippen LogP contribution in [-0.2, 0) is 28.5 Å². The van der Waals surface area contributed by atoms with Crippen molar-refractivity contribution in [1.82, 2.24) is 0 Å². The fraction of sp³-hybridized carbons (Fsp3) is 0.818. The van der Waals surface area contributed by atoms with E-state index in [0.29, 0.717) is 26.1 Å². The third kappa shape index (κ3) is 2.02. The van der Waals surface area contributed by atoms with Gasteiger partial charge in [0, 0.05) is 6.42 Å². The lowest BCUT2D eigenvalue weighted by Crippen LogP contribution is -2.39. The molecule has 96 valence electrons. The molecule has 17 heavy (non-hydrogen) atoms. The number of rotatable bonds is 2. The van der Waals surface area contributed by atoms with Gasteiger partial charge in [0.1, 0.15) is 5.92 Å². The Morgan fingerprint density at radius 1 is 1.12 bits per heavy atom. The molecular weight excluding hydrogens is 228 g/mol. The molecule has 1 aliphatic heterocycles. The Balaban J connectivity index is 2.18. The van der Waals surface area contributed by atoms with Crippen LogP contribution < -0.4 is 0 Å². The molecule has 0 amide bonds. The highest BCUT2D eigenvalue weighted by Crippen LogP contribution is 2.46. The van der Waals surface area contributed by atoms with Gasteiger partial charge >= 0.3 is 11.9 Å². The highest BCUT2D eigenvalue weighted by atomic mass is 16.7. The second kappa shape index (κ2) is 4.62. The minimum Gasteiger partial charge on any atom is -0.469 e. The van der Waals surface area contributed by atoms with Crippen LogP contribution in [0, 0.1) is 11.8 Å². The summed E-state index contributed by atoms with van der Waals surface area (Å²) in [5, 5.41) is 0. The SMILES string of the molecule is COC(=O)C1CC(C(=O)OC)C2(C1)OCCO2. The fourth-order valence-corrected chi connectivity index (χ4v) is 2.59. The molecule has 0 radical (unpaired) electrons. The summed E-state index contributed by atoms with van der Waals surface area (Å²) in [5.74, 6) is -2.67. The normalized spacial score (nSPS) is 30.5. The number of carbonyl (C=O) groups excluding carboxylic acids is 2. The van der Waals surface area contributed by atoms with Crippen LogP contribution in [0.3, 0.4) is 0 Å². The molecule has 1 spiro atoms. The first-order chi connectivity index (χ1) is 8.13. The monoisotopic (exact) mass is 244 g/mol. The topological polar surface area (TPSA) is 71.1 Å². The maximum Gasteiger partial charge on any atom is 0.314 e. The molecule has 0 bridgehead atoms. The van der Waals surface area contributed by atoms with E-state index in [2.05, 4.69) is 0 Å². The summed E-state index contributed by atoms with van der Waals surface area (Å²) in [6, 6.07) is 0. The van der Waals surface area contributed by atoms with Crippen LogP contribution in [0.2, 0.25) is 0 Å². The van der Waals surface area contributed by atoms with Gasteiger partial charge in [0.15, 0.2) is 5.79 Å². The Hall–Kier alpha value is -1.14. The molecule has 1 aliphatic carbocycles. The van der Waals surface area contributed by atoms with Gasteiger partial charge < -0.3 is 18.9 Å². The first kappa shape index (κ1) is 12.3. The van der Waals surface area contributed by atoms with Crippen LogP contribution in [0.1, 0.15) is 12.8 Å². The molecule has 1 heterocycles. The number of methoxy groups -OCH3 is 2. The Kier molecular flexibility index (Phi) is 3.35. The molecule has 2 fully saturated rings. The standard InChI is InChI=1S/C11H16O6/c1-14-9(12)7-5-8(10(13)15-2)11(6-7)16-3-4-17-11/h7-8H,3-6H2,1-2H3. The molecule has 2 aliphatic rings. The van der Waals surface area contributed by atoms with Crippen LogP contribution in [0.15, 0.2) is 0 Å². The van der Waals surface area contributed by atoms with E-state index in [0.717, 1.165) is 0 Å². The molecular formula is C11H16O6. The zero-order valence-electron chi connectivity index (χ0n) is 9.93. The van der Waals surface area contributed by atoms with Gasteiger partial charge in [-0.05, 0) is 6.42 Å². The van der Waals surface area contributed by atoms with Crippen molar-refractivity contribution in [1.29, 1.82) is 0 Å². The first-order valence-corrected chi connectivity index (χ1v) is 5.56. The lowest BCUT2D eigenvalue weighted by atomic mass is 10.0. The second-order valence-electron chi connectivity index (χ2n) is 4.24. The van der Waals surface area contributed by atoms with Gasteiger partial charge in [-0.3, -0.25) is 9.59 Å². The summed E-state index contributed by atoms with van der Waals surface area (Å²) in [7, 11) is 2.65. The fourth-order valence-electron chi connectivity index (χ4n) is 2.59. The van der Waals surface area contributed by atoms with Crippen molar-refractivity contribution in [2.75, 3.05) is 27.4 Å². The number of hydrogen-bond acceptors (Lipinski definition) is 6. The van der Waals surface area contributed by atoms with Gasteiger partial charge in [0.2, 0.25) is 0 Å². The molecule has 0 aromatic rings. The van der Waals surface area contributed by atoms with Crippen LogP contribution in [0.4, 0.5) is 0 Å². The van der Waals surface area contributed by atoms with Crippen LogP contribution >= 0.6 is 0 Å². The minimum absolute atomic E-state index is 0.338. The van der Waals surface area contributed by atoms with Crippen molar-refractivity contribution >= 4 is 11.9 Å². The highest BCUT2D eigenvalue weighted by Gasteiger charge is 2.57. The van der Waals surface area contributed by atoms with Crippen molar-refractivity contribution in [3.05, 3.63) is 0 Å². The molecule has 6 nitrogen and oxygen atoms in total. The molecule has 1 saturated carbocycles. The van der Waals surface area contributed by atoms with Gasteiger partial charge in [-0.25, -0.2) is 0 Å². The Labute approximate surface area is 99.2 Å². The molecule has 2 rings (SSSR count). The molecule has 2 atom stereocenters. The quantitative estimate of drug-likeness (QED) is 0.642. The summed E-state index contributed by atoms with van der Waals surface area (Å²) in [5.41, 5.74) is 0. The maximum absolute atomic E-state index is 11.7. The van der Waals surface area contributed by atoms with Crippen molar-refractivity contribution in [3.8, 4) is 0 Å². The highest BCUT2D eigenvalue weighted by molar-refractivity contribution is 5.78. The van der Waals surface area contributed by atoms with Crippen LogP contribution in [-0.4, -0.2) is 45.2 Å². The molecule has 2 unspecified atom stereocenters. The van der Waals surface area contributed by atoms with Crippen molar-refractivity contribution in [3.63, 3.8) is 0 Å². The van der Waals surface area contributed by atoms with Gasteiger partial charge in [0.05, 0.1) is 33.4 Å². The van der Waals surface area contributed by atoms with E-state index in [-0.39, 0.29) is 11.9 Å². The van der Waals surface area contributed by atoms with Crippen molar-refractivity contribution in [2.45, 2.75) is 18.6 Å². The average molecular weight is 244 g/mol. The minimum atomic E-state index is -0.994. The van der Waals surface area contributed by atoms with Gasteiger partial charge in [-0.1, -0.05) is 0 Å². The molecule has 0 aromatic carbocycles. The van der Waals surface area contributed by atoms with Gasteiger partial charge in [0.25, 0.3) is 0 Å². The molecule has 6 heteroatoms. The maximum atomic E-state index is 11.7. The summed E-state index contributed by atoms with van der Waals surface area (Å²) in [6.45, 7) is 0.864. The number of ether oxygens (including phenoxy) is 4. The van der Waals surface area contributed by atoms with E-state index < -0.39 is 17.7 Å². The molecule has 1 saturated heterocycles. The number of esters is 2. The summed E-state index contributed by atoms with van der Waals surface area (Å²) in [6.07, 6.45) is 0.693. The summed E-state index contributed by atoms with van der Waals surface area (Å²) in [4.78, 5) is 23.2. The van der Waals surface area contributed by atoms with Crippen molar-refractivity contribution < 1.29 is 28.5 Å². The second-order valence-corrected chi connectivity index (χ2v) is 4.24. The first-order valence-electron chi connectivity index (χ1n) is 5.56. The van der Waals surface area contributed by atoms with Gasteiger partial charge in [-0.2, -0.15) is 0 Å². The Bertz CT molecular complexity index is 320. The van der Waals surface area contributed by atoms with Crippen molar-refractivity contribution in [2.24, 2.45) is 11.8 Å². The predicted molar refractivity (Wildman–Crippen MR) is 54.9 cm³/mol. The lowest BCUT2D eigenvalue weighted by molar-refractivity contribution is -0.198. The third-order valence-corrected chi connectivity index (χ3v) is 3.38. The van der Waals surface area contributed by atoms with Gasteiger partial charge in [-0.15, -0.1) is 0 Å². The molecule has 0 aromatic heterocycles. The molecule has 0 N–H and O–H groups in total. The number of carbonyl (C=O) groups is 2.